The molecule has 0 fully saturated rings. The van der Waals surface area contributed by atoms with Crippen molar-refractivity contribution in [2.75, 3.05) is 12.1 Å². The summed E-state index contributed by atoms with van der Waals surface area (Å²) in [6.45, 7) is 3.97. The van der Waals surface area contributed by atoms with E-state index in [0.29, 0.717) is 22.9 Å². The third kappa shape index (κ3) is 3.50. The molecule has 9 heteroatoms. The van der Waals surface area contributed by atoms with Crippen LogP contribution in [0.25, 0.3) is 0 Å². The van der Waals surface area contributed by atoms with Crippen LogP contribution in [0.15, 0.2) is 42.7 Å². The van der Waals surface area contributed by atoms with E-state index in [1.807, 2.05) is 19.9 Å². The molecule has 142 valence electrons. The fraction of sp³-hybridized carbons (Fsp3) is 0.158. The summed E-state index contributed by atoms with van der Waals surface area (Å²) in [6.07, 6.45) is 1.21. The average Bonchev–Trinajstić information content (AvgIpc) is 3.08. The summed E-state index contributed by atoms with van der Waals surface area (Å²) < 4.78 is 16.3. The summed E-state index contributed by atoms with van der Waals surface area (Å²) >= 11 is 0. The Morgan fingerprint density at radius 1 is 1.07 bits per heavy atom. The number of anilines is 2. The van der Waals surface area contributed by atoms with Crippen LogP contribution in [0.4, 0.5) is 17.2 Å². The lowest BCUT2D eigenvalue weighted by Gasteiger charge is -2.10. The molecule has 1 aliphatic rings. The zero-order valence-electron chi connectivity index (χ0n) is 15.1. The van der Waals surface area contributed by atoms with Crippen LogP contribution in [0.3, 0.4) is 0 Å². The summed E-state index contributed by atoms with van der Waals surface area (Å²) in [5.74, 6) is 1.50. The fourth-order valence-corrected chi connectivity index (χ4v) is 2.91. The maximum Gasteiger partial charge on any atom is 0.373 e. The van der Waals surface area contributed by atoms with Crippen molar-refractivity contribution < 1.29 is 19.1 Å². The van der Waals surface area contributed by atoms with Crippen LogP contribution in [0.2, 0.25) is 0 Å². The Kier molecular flexibility index (Phi) is 4.40. The minimum absolute atomic E-state index is 0.0123. The Bertz CT molecular complexity index is 1050. The van der Waals surface area contributed by atoms with E-state index in [-0.39, 0.29) is 24.2 Å². The number of rotatable bonds is 5. The molecule has 0 amide bonds. The molecule has 0 saturated carbocycles. The van der Waals surface area contributed by atoms with Crippen molar-refractivity contribution >= 4 is 17.2 Å². The van der Waals surface area contributed by atoms with E-state index in [9.17, 15) is 10.1 Å². The van der Waals surface area contributed by atoms with Gasteiger partial charge >= 0.3 is 11.6 Å². The Hall–Kier alpha value is -3.88. The summed E-state index contributed by atoms with van der Waals surface area (Å²) in [6, 6.07) is 10.6. The van der Waals surface area contributed by atoms with Gasteiger partial charge in [-0.1, -0.05) is 6.07 Å². The first-order valence-corrected chi connectivity index (χ1v) is 8.42. The van der Waals surface area contributed by atoms with E-state index < -0.39 is 4.92 Å². The molecule has 3 aromatic rings. The SMILES string of the molecule is Cc1cc(C)cc(Oc2ncnc(Nc3ccc4c(c3)OCO4)c2[N+](=O)[O-])c1. The topological polar surface area (TPSA) is 109 Å². The van der Waals surface area contributed by atoms with Crippen molar-refractivity contribution in [3.63, 3.8) is 0 Å². The van der Waals surface area contributed by atoms with Crippen LogP contribution < -0.4 is 19.5 Å². The van der Waals surface area contributed by atoms with Crippen molar-refractivity contribution in [2.45, 2.75) is 13.8 Å². The number of aryl methyl sites for hydroxylation is 2. The van der Waals surface area contributed by atoms with Crippen molar-refractivity contribution in [1.29, 1.82) is 0 Å². The van der Waals surface area contributed by atoms with E-state index >= 15 is 0 Å². The molecule has 1 N–H and O–H groups in total. The van der Waals surface area contributed by atoms with Crippen molar-refractivity contribution in [2.24, 2.45) is 0 Å². The monoisotopic (exact) mass is 380 g/mol. The molecule has 28 heavy (non-hydrogen) atoms. The number of benzene rings is 2. The van der Waals surface area contributed by atoms with Gasteiger partial charge < -0.3 is 19.5 Å². The molecule has 0 bridgehead atoms. The maximum absolute atomic E-state index is 11.7. The van der Waals surface area contributed by atoms with E-state index in [4.69, 9.17) is 14.2 Å². The van der Waals surface area contributed by atoms with Gasteiger partial charge in [0.2, 0.25) is 12.6 Å². The number of ether oxygens (including phenoxy) is 3. The van der Waals surface area contributed by atoms with Crippen LogP contribution in [0, 0.1) is 24.0 Å². The highest BCUT2D eigenvalue weighted by Gasteiger charge is 2.26. The number of nitrogens with one attached hydrogen (secondary N) is 1. The molecule has 1 aromatic heterocycles. The van der Waals surface area contributed by atoms with Crippen LogP contribution in [-0.4, -0.2) is 21.7 Å². The second kappa shape index (κ2) is 7.03. The molecule has 0 spiro atoms. The lowest BCUT2D eigenvalue weighted by Crippen LogP contribution is -2.03. The van der Waals surface area contributed by atoms with E-state index in [0.717, 1.165) is 11.1 Å². The van der Waals surface area contributed by atoms with Gasteiger partial charge in [0.1, 0.15) is 12.1 Å². The second-order valence-corrected chi connectivity index (χ2v) is 6.25. The summed E-state index contributed by atoms with van der Waals surface area (Å²) in [4.78, 5) is 19.1. The third-order valence-corrected chi connectivity index (χ3v) is 4.02. The molecule has 0 aliphatic carbocycles. The van der Waals surface area contributed by atoms with Crippen molar-refractivity contribution in [3.05, 3.63) is 64.0 Å². The lowest BCUT2D eigenvalue weighted by molar-refractivity contribution is -0.385. The molecule has 1 aliphatic heterocycles. The van der Waals surface area contributed by atoms with Gasteiger partial charge in [-0.25, -0.2) is 4.98 Å². The van der Waals surface area contributed by atoms with Gasteiger partial charge in [0, 0.05) is 11.8 Å². The Labute approximate surface area is 160 Å². The number of hydrogen-bond donors (Lipinski definition) is 1. The van der Waals surface area contributed by atoms with Gasteiger partial charge in [-0.05, 0) is 49.2 Å². The second-order valence-electron chi connectivity index (χ2n) is 6.25. The largest absolute Gasteiger partial charge is 0.454 e. The predicted molar refractivity (Wildman–Crippen MR) is 101 cm³/mol. The van der Waals surface area contributed by atoms with E-state index in [1.165, 1.54) is 6.33 Å². The van der Waals surface area contributed by atoms with Gasteiger partial charge in [-0.2, -0.15) is 4.98 Å². The number of fused-ring (bicyclic) bond motifs is 1. The lowest BCUT2D eigenvalue weighted by atomic mass is 10.1. The smallest absolute Gasteiger partial charge is 0.373 e. The zero-order chi connectivity index (χ0) is 19.7. The van der Waals surface area contributed by atoms with Crippen molar-refractivity contribution in [3.8, 4) is 23.1 Å². The third-order valence-electron chi connectivity index (χ3n) is 4.02. The molecular weight excluding hydrogens is 364 g/mol. The molecule has 0 unspecified atom stereocenters. The average molecular weight is 380 g/mol. The first-order chi connectivity index (χ1) is 13.5. The number of nitrogens with zero attached hydrogens (tertiary/aromatic N) is 3. The minimum Gasteiger partial charge on any atom is -0.454 e. The molecule has 2 aromatic carbocycles. The highest BCUT2D eigenvalue weighted by Crippen LogP contribution is 2.38. The molecule has 2 heterocycles. The maximum atomic E-state index is 11.7. The Morgan fingerprint density at radius 3 is 2.57 bits per heavy atom. The molecule has 4 rings (SSSR count). The van der Waals surface area contributed by atoms with Gasteiger partial charge in [-0.3, -0.25) is 10.1 Å². The minimum atomic E-state index is -0.576. The van der Waals surface area contributed by atoms with Crippen LogP contribution in [0.5, 0.6) is 23.1 Å². The summed E-state index contributed by atoms with van der Waals surface area (Å²) in [5.41, 5.74) is 2.15. The number of nitro groups is 1. The Morgan fingerprint density at radius 2 is 1.82 bits per heavy atom. The molecular formula is C19H16N4O5. The zero-order valence-corrected chi connectivity index (χ0v) is 15.1. The standard InChI is InChI=1S/C19H16N4O5/c1-11-5-12(2)7-14(6-11)28-19-17(23(24)25)18(20-9-21-19)22-13-3-4-15-16(8-13)27-10-26-15/h3-9H,10H2,1-2H3,(H,20,21,22). The quantitative estimate of drug-likeness (QED) is 0.516. The van der Waals surface area contributed by atoms with Gasteiger partial charge in [0.05, 0.1) is 4.92 Å². The summed E-state index contributed by atoms with van der Waals surface area (Å²) in [7, 11) is 0. The molecule has 0 radical (unpaired) electrons. The molecule has 0 saturated heterocycles. The number of hydrogen-bond acceptors (Lipinski definition) is 8. The fourth-order valence-electron chi connectivity index (χ4n) is 2.91. The van der Waals surface area contributed by atoms with Crippen LogP contribution in [0.1, 0.15) is 11.1 Å². The highest BCUT2D eigenvalue weighted by molar-refractivity contribution is 5.70. The van der Waals surface area contributed by atoms with Gasteiger partial charge in [0.25, 0.3) is 0 Å². The normalized spacial score (nSPS) is 11.9. The summed E-state index contributed by atoms with van der Waals surface area (Å²) in [5, 5.41) is 14.6. The molecule has 9 nitrogen and oxygen atoms in total. The first-order valence-electron chi connectivity index (χ1n) is 8.42. The Balaban J connectivity index is 1.68. The van der Waals surface area contributed by atoms with E-state index in [1.54, 1.807) is 30.3 Å². The molecule has 0 atom stereocenters. The highest BCUT2D eigenvalue weighted by atomic mass is 16.7. The predicted octanol–water partition coefficient (Wildman–Crippen LogP) is 4.27. The van der Waals surface area contributed by atoms with E-state index in [2.05, 4.69) is 15.3 Å². The van der Waals surface area contributed by atoms with Crippen LogP contribution >= 0.6 is 0 Å². The van der Waals surface area contributed by atoms with Crippen LogP contribution in [-0.2, 0) is 0 Å². The number of aromatic nitrogens is 2. The van der Waals surface area contributed by atoms with Gasteiger partial charge in [0.15, 0.2) is 11.5 Å². The van der Waals surface area contributed by atoms with Crippen molar-refractivity contribution in [1.82, 2.24) is 9.97 Å². The first kappa shape index (κ1) is 17.5. The van der Waals surface area contributed by atoms with Gasteiger partial charge in [-0.15, -0.1) is 0 Å².